The van der Waals surface area contributed by atoms with E-state index in [-0.39, 0.29) is 29.1 Å². The summed E-state index contributed by atoms with van der Waals surface area (Å²) in [6.07, 6.45) is -3.52. The molecule has 0 atom stereocenters. The zero-order valence-electron chi connectivity index (χ0n) is 20.6. The quantitative estimate of drug-likeness (QED) is 0.460. The van der Waals surface area contributed by atoms with E-state index in [4.69, 9.17) is 9.57 Å². The van der Waals surface area contributed by atoms with Gasteiger partial charge in [0.15, 0.2) is 0 Å². The summed E-state index contributed by atoms with van der Waals surface area (Å²) in [5.74, 6) is -2.22. The standard InChI is InChI=1S/C24H26F3N6O4S/c1-30(17-8-14-36-15-9-17)23(35)32-12-10-31(11-13-32)22-28-20(29-38-22)19-7-6-16-4-2-3-5-18(16)33(19)37-21(34)24(25,26)27/h2-7,17H,8-15H2,1H3/q+1. The number of nitrogens with zero attached hydrogens (tertiary/aromatic N) is 6. The van der Waals surface area contributed by atoms with E-state index in [0.717, 1.165) is 29.1 Å². The number of benzene rings is 1. The molecule has 2 aliphatic heterocycles. The Morgan fingerprint density at radius 3 is 2.53 bits per heavy atom. The fourth-order valence-electron chi connectivity index (χ4n) is 4.57. The van der Waals surface area contributed by atoms with Gasteiger partial charge in [0.1, 0.15) is 0 Å². The number of hydrogen-bond acceptors (Lipinski definition) is 8. The van der Waals surface area contributed by atoms with Crippen LogP contribution in [0, 0.1) is 0 Å². The van der Waals surface area contributed by atoms with Gasteiger partial charge in [-0.2, -0.15) is 27.4 Å². The maximum Gasteiger partial charge on any atom is 0.498 e. The fourth-order valence-corrected chi connectivity index (χ4v) is 5.29. The molecule has 2 saturated heterocycles. The van der Waals surface area contributed by atoms with Crippen molar-refractivity contribution in [3.05, 3.63) is 36.4 Å². The Bertz CT molecular complexity index is 1320. The van der Waals surface area contributed by atoms with Gasteiger partial charge >= 0.3 is 23.9 Å². The van der Waals surface area contributed by atoms with Crippen LogP contribution < -0.4 is 14.5 Å². The summed E-state index contributed by atoms with van der Waals surface area (Å²) >= 11 is 1.09. The van der Waals surface area contributed by atoms with Crippen molar-refractivity contribution in [1.82, 2.24) is 19.2 Å². The summed E-state index contributed by atoms with van der Waals surface area (Å²) in [6.45, 7) is 3.37. The van der Waals surface area contributed by atoms with Crippen molar-refractivity contribution in [1.29, 1.82) is 0 Å². The molecule has 0 bridgehead atoms. The van der Waals surface area contributed by atoms with Crippen LogP contribution in [0.2, 0.25) is 0 Å². The zero-order valence-corrected chi connectivity index (χ0v) is 21.4. The Labute approximate surface area is 220 Å². The maximum absolute atomic E-state index is 13.0. The van der Waals surface area contributed by atoms with E-state index in [2.05, 4.69) is 9.36 Å². The lowest BCUT2D eigenvalue weighted by molar-refractivity contribution is -0.841. The van der Waals surface area contributed by atoms with Gasteiger partial charge in [-0.15, -0.1) is 0 Å². The van der Waals surface area contributed by atoms with Gasteiger partial charge in [-0.1, -0.05) is 12.1 Å². The van der Waals surface area contributed by atoms with E-state index < -0.39 is 12.1 Å². The highest BCUT2D eigenvalue weighted by Gasteiger charge is 2.46. The van der Waals surface area contributed by atoms with Crippen LogP contribution in [0.1, 0.15) is 12.8 Å². The predicted octanol–water partition coefficient (Wildman–Crippen LogP) is 2.52. The second-order valence-electron chi connectivity index (χ2n) is 9.06. The van der Waals surface area contributed by atoms with E-state index in [1.165, 1.54) is 6.07 Å². The van der Waals surface area contributed by atoms with Gasteiger partial charge < -0.3 is 19.4 Å². The molecule has 1 aromatic carbocycles. The first kappa shape index (κ1) is 26.1. The Morgan fingerprint density at radius 1 is 1.11 bits per heavy atom. The molecule has 2 fully saturated rings. The first-order valence-corrected chi connectivity index (χ1v) is 12.9. The average molecular weight is 552 g/mol. The van der Waals surface area contributed by atoms with Gasteiger partial charge in [0, 0.05) is 80.9 Å². The molecule has 0 unspecified atom stereocenters. The molecular weight excluding hydrogens is 525 g/mol. The van der Waals surface area contributed by atoms with Crippen molar-refractivity contribution in [3.8, 4) is 11.5 Å². The molecule has 0 N–H and O–H groups in total. The number of aromatic nitrogens is 3. The minimum atomic E-state index is -5.17. The number of carbonyl (C=O) groups is 2. The molecule has 0 spiro atoms. The third-order valence-corrected chi connectivity index (χ3v) is 7.48. The zero-order chi connectivity index (χ0) is 26.9. The van der Waals surface area contributed by atoms with E-state index in [0.29, 0.717) is 49.9 Å². The van der Waals surface area contributed by atoms with Crippen molar-refractivity contribution in [2.75, 3.05) is 51.3 Å². The maximum atomic E-state index is 13.0. The van der Waals surface area contributed by atoms with Gasteiger partial charge in [-0.3, -0.25) is 0 Å². The third kappa shape index (κ3) is 5.36. The average Bonchev–Trinajstić information content (AvgIpc) is 3.42. The number of ether oxygens (including phenoxy) is 1. The summed E-state index contributed by atoms with van der Waals surface area (Å²) in [5.41, 5.74) is 0.371. The van der Waals surface area contributed by atoms with Crippen molar-refractivity contribution in [2.24, 2.45) is 0 Å². The molecule has 2 aromatic heterocycles. The molecule has 2 aliphatic rings. The Balaban J connectivity index is 1.32. The Hall–Kier alpha value is -3.52. The van der Waals surface area contributed by atoms with Crippen LogP contribution in [-0.2, 0) is 9.53 Å². The molecule has 14 heteroatoms. The highest BCUT2D eigenvalue weighted by Crippen LogP contribution is 2.25. The number of hydrogen-bond donors (Lipinski definition) is 0. The van der Waals surface area contributed by atoms with Crippen LogP contribution in [-0.4, -0.2) is 89.8 Å². The lowest BCUT2D eigenvalue weighted by Crippen LogP contribution is -2.54. The van der Waals surface area contributed by atoms with Gasteiger partial charge in [0.25, 0.3) is 5.52 Å². The number of fused-ring (bicyclic) bond motifs is 1. The number of halogens is 3. The molecule has 0 aliphatic carbocycles. The van der Waals surface area contributed by atoms with Gasteiger partial charge in [0.2, 0.25) is 11.0 Å². The molecule has 10 nitrogen and oxygen atoms in total. The third-order valence-electron chi connectivity index (χ3n) is 6.71. The van der Waals surface area contributed by atoms with Crippen molar-refractivity contribution < 1.29 is 37.1 Å². The molecular formula is C24H26F3N6O4S+. The normalized spacial score (nSPS) is 17.1. The molecule has 0 radical (unpaired) electrons. The van der Waals surface area contributed by atoms with E-state index in [1.54, 1.807) is 35.2 Å². The lowest BCUT2D eigenvalue weighted by atomic mass is 10.1. The molecule has 2 amide bonds. The van der Waals surface area contributed by atoms with Crippen LogP contribution >= 0.6 is 11.5 Å². The molecule has 202 valence electrons. The number of anilines is 1. The number of pyridine rings is 1. The Kier molecular flexibility index (Phi) is 7.34. The van der Waals surface area contributed by atoms with Crippen molar-refractivity contribution in [3.63, 3.8) is 0 Å². The Morgan fingerprint density at radius 2 is 1.82 bits per heavy atom. The van der Waals surface area contributed by atoms with Crippen LogP contribution in [0.5, 0.6) is 0 Å². The van der Waals surface area contributed by atoms with Gasteiger partial charge in [-0.25, -0.2) is 9.59 Å². The van der Waals surface area contributed by atoms with Crippen LogP contribution in [0.15, 0.2) is 36.4 Å². The second-order valence-corrected chi connectivity index (χ2v) is 9.79. The number of rotatable bonds is 4. The highest BCUT2D eigenvalue weighted by molar-refractivity contribution is 7.09. The number of alkyl halides is 3. The largest absolute Gasteiger partial charge is 0.498 e. The van der Waals surface area contributed by atoms with Gasteiger partial charge in [-0.05, 0) is 25.0 Å². The summed E-state index contributed by atoms with van der Waals surface area (Å²) in [5, 5.41) is 1.14. The summed E-state index contributed by atoms with van der Waals surface area (Å²) < 4.78 is 49.5. The smallest absolute Gasteiger partial charge is 0.381 e. The minimum absolute atomic E-state index is 0.0156. The predicted molar refractivity (Wildman–Crippen MR) is 131 cm³/mol. The first-order valence-electron chi connectivity index (χ1n) is 12.1. The first-order chi connectivity index (χ1) is 18.2. The number of urea groups is 1. The topological polar surface area (TPSA) is 92.0 Å². The highest BCUT2D eigenvalue weighted by atomic mass is 32.1. The van der Waals surface area contributed by atoms with E-state index in [9.17, 15) is 22.8 Å². The van der Waals surface area contributed by atoms with Crippen molar-refractivity contribution >= 4 is 39.6 Å². The number of piperazine rings is 1. The van der Waals surface area contributed by atoms with Crippen molar-refractivity contribution in [2.45, 2.75) is 25.1 Å². The molecule has 4 heterocycles. The SMILES string of the molecule is CN(C(=O)N1CCN(c2nc(-c3ccc4ccccc4[n+]3OC(=O)C(F)(F)F)ns2)CC1)C1CCOCC1. The summed E-state index contributed by atoms with van der Waals surface area (Å²) in [7, 11) is 1.83. The fraction of sp³-hybridized carbons (Fsp3) is 0.458. The summed E-state index contributed by atoms with van der Waals surface area (Å²) in [6, 6.07) is 9.95. The molecule has 5 rings (SSSR count). The molecule has 38 heavy (non-hydrogen) atoms. The number of para-hydroxylation sites is 1. The second kappa shape index (κ2) is 10.7. The molecule has 3 aromatic rings. The summed E-state index contributed by atoms with van der Waals surface area (Å²) in [4.78, 5) is 39.5. The minimum Gasteiger partial charge on any atom is -0.381 e. The van der Waals surface area contributed by atoms with Crippen LogP contribution in [0.3, 0.4) is 0 Å². The van der Waals surface area contributed by atoms with E-state index in [1.807, 2.05) is 16.8 Å². The van der Waals surface area contributed by atoms with Crippen LogP contribution in [0.25, 0.3) is 22.4 Å². The lowest BCUT2D eigenvalue weighted by Gasteiger charge is -2.39. The van der Waals surface area contributed by atoms with Crippen LogP contribution in [0.4, 0.5) is 23.1 Å². The number of amides is 2. The number of carbonyl (C=O) groups excluding carboxylic acids is 2. The monoisotopic (exact) mass is 551 g/mol. The van der Waals surface area contributed by atoms with E-state index >= 15 is 0 Å². The van der Waals surface area contributed by atoms with Gasteiger partial charge in [0.05, 0.1) is 5.39 Å². The molecule has 0 saturated carbocycles.